The Labute approximate surface area is 102 Å². The zero-order chi connectivity index (χ0) is 13.3. The highest BCUT2D eigenvalue weighted by molar-refractivity contribution is 5.97. The summed E-state index contributed by atoms with van der Waals surface area (Å²) < 4.78 is 43.5. The van der Waals surface area contributed by atoms with E-state index in [1.165, 1.54) is 12.1 Å². The third-order valence-corrected chi connectivity index (χ3v) is 2.75. The molecular weight excluding hydrogens is 247 g/mol. The molecule has 98 valence electrons. The minimum Gasteiger partial charge on any atom is -0.492 e. The van der Waals surface area contributed by atoms with E-state index < -0.39 is 23.2 Å². The molecule has 0 saturated heterocycles. The van der Waals surface area contributed by atoms with Crippen molar-refractivity contribution in [3.05, 3.63) is 29.3 Å². The molecule has 0 bridgehead atoms. The number of ether oxygens (including phenoxy) is 1. The van der Waals surface area contributed by atoms with E-state index in [4.69, 9.17) is 10.5 Å². The number of nitrogens with two attached hydrogens (primary N) is 1. The van der Waals surface area contributed by atoms with Crippen LogP contribution >= 0.6 is 0 Å². The lowest BCUT2D eigenvalue weighted by Crippen LogP contribution is -2.20. The van der Waals surface area contributed by atoms with E-state index in [2.05, 4.69) is 0 Å². The van der Waals surface area contributed by atoms with Gasteiger partial charge in [0.15, 0.2) is 0 Å². The van der Waals surface area contributed by atoms with Crippen LogP contribution in [-0.2, 0) is 6.18 Å². The van der Waals surface area contributed by atoms with E-state index in [1.807, 2.05) is 0 Å². The summed E-state index contributed by atoms with van der Waals surface area (Å²) in [6.07, 6.45) is -2.61. The number of hydrogen-bond donors (Lipinski definition) is 1. The maximum absolute atomic E-state index is 12.7. The van der Waals surface area contributed by atoms with Gasteiger partial charge in [-0.15, -0.1) is 0 Å². The summed E-state index contributed by atoms with van der Waals surface area (Å²) in [5.41, 5.74) is 3.37. The van der Waals surface area contributed by atoms with Gasteiger partial charge in [-0.05, 0) is 30.9 Å². The molecule has 0 aromatic heterocycles. The predicted octanol–water partition coefficient (Wildman–Crippen LogP) is 2.59. The first-order valence-electron chi connectivity index (χ1n) is 5.52. The summed E-state index contributed by atoms with van der Waals surface area (Å²) >= 11 is 0. The molecule has 0 aliphatic heterocycles. The number of rotatable bonds is 4. The van der Waals surface area contributed by atoms with Gasteiger partial charge in [0.1, 0.15) is 5.75 Å². The molecule has 1 aliphatic carbocycles. The van der Waals surface area contributed by atoms with Crippen molar-refractivity contribution < 1.29 is 22.7 Å². The van der Waals surface area contributed by atoms with Crippen LogP contribution in [0.5, 0.6) is 5.75 Å². The van der Waals surface area contributed by atoms with Gasteiger partial charge in [-0.25, -0.2) is 0 Å². The van der Waals surface area contributed by atoms with Crippen molar-refractivity contribution in [3.63, 3.8) is 0 Å². The molecule has 0 radical (unpaired) electrons. The summed E-state index contributed by atoms with van der Waals surface area (Å²) in [5.74, 6) is -0.849. The number of carbonyl (C=O) groups is 1. The Bertz CT molecular complexity index is 467. The number of amides is 1. The number of benzene rings is 1. The van der Waals surface area contributed by atoms with E-state index in [1.54, 1.807) is 0 Å². The van der Waals surface area contributed by atoms with Crippen LogP contribution in [0, 0.1) is 5.92 Å². The molecule has 1 aromatic carbocycles. The van der Waals surface area contributed by atoms with Crippen LogP contribution in [0.2, 0.25) is 0 Å². The van der Waals surface area contributed by atoms with Crippen LogP contribution in [0.3, 0.4) is 0 Å². The lowest BCUT2D eigenvalue weighted by atomic mass is 10.1. The Hall–Kier alpha value is -1.72. The molecule has 0 atom stereocenters. The largest absolute Gasteiger partial charge is 0.492 e. The molecule has 0 unspecified atom stereocenters. The first kappa shape index (κ1) is 12.7. The zero-order valence-electron chi connectivity index (χ0n) is 9.46. The first-order valence-corrected chi connectivity index (χ1v) is 5.52. The van der Waals surface area contributed by atoms with Gasteiger partial charge in [0, 0.05) is 0 Å². The molecule has 0 heterocycles. The SMILES string of the molecule is NC(=O)c1c(OCC2CC2)cccc1C(F)(F)F. The van der Waals surface area contributed by atoms with Crippen molar-refractivity contribution in [2.24, 2.45) is 11.7 Å². The summed E-state index contributed by atoms with van der Waals surface area (Å²) in [5, 5.41) is 0. The average Bonchev–Trinajstić information content (AvgIpc) is 3.08. The molecule has 6 heteroatoms. The topological polar surface area (TPSA) is 52.3 Å². The fraction of sp³-hybridized carbons (Fsp3) is 0.417. The van der Waals surface area contributed by atoms with Crippen molar-refractivity contribution in [3.8, 4) is 5.75 Å². The Balaban J connectivity index is 2.35. The third-order valence-electron chi connectivity index (χ3n) is 2.75. The second-order valence-electron chi connectivity index (χ2n) is 4.30. The van der Waals surface area contributed by atoms with Gasteiger partial charge in [0.25, 0.3) is 5.91 Å². The van der Waals surface area contributed by atoms with Gasteiger partial charge < -0.3 is 10.5 Å². The van der Waals surface area contributed by atoms with Crippen LogP contribution in [0.4, 0.5) is 13.2 Å². The first-order chi connectivity index (χ1) is 8.39. The molecule has 2 rings (SSSR count). The lowest BCUT2D eigenvalue weighted by Gasteiger charge is -2.15. The number of hydrogen-bond acceptors (Lipinski definition) is 2. The van der Waals surface area contributed by atoms with Crippen LogP contribution in [0.15, 0.2) is 18.2 Å². The standard InChI is InChI=1S/C12H12F3NO2/c13-12(14,15)8-2-1-3-9(10(8)11(16)17)18-6-7-4-5-7/h1-3,7H,4-6H2,(H2,16,17). The highest BCUT2D eigenvalue weighted by Crippen LogP contribution is 2.37. The van der Waals surface area contributed by atoms with Crippen LogP contribution in [0.1, 0.15) is 28.8 Å². The van der Waals surface area contributed by atoms with E-state index in [0.29, 0.717) is 12.5 Å². The smallest absolute Gasteiger partial charge is 0.417 e. The Morgan fingerprint density at radius 1 is 1.39 bits per heavy atom. The number of primary amides is 1. The van der Waals surface area contributed by atoms with Crippen molar-refractivity contribution in [2.75, 3.05) is 6.61 Å². The summed E-state index contributed by atoms with van der Waals surface area (Å²) in [7, 11) is 0. The second kappa shape index (κ2) is 4.51. The Morgan fingerprint density at radius 3 is 2.56 bits per heavy atom. The fourth-order valence-electron chi connectivity index (χ4n) is 1.63. The maximum atomic E-state index is 12.7. The molecule has 1 saturated carbocycles. The average molecular weight is 259 g/mol. The second-order valence-corrected chi connectivity index (χ2v) is 4.30. The van der Waals surface area contributed by atoms with Crippen LogP contribution in [-0.4, -0.2) is 12.5 Å². The van der Waals surface area contributed by atoms with Gasteiger partial charge in [-0.3, -0.25) is 4.79 Å². The van der Waals surface area contributed by atoms with Crippen LogP contribution in [0.25, 0.3) is 0 Å². The molecule has 3 nitrogen and oxygen atoms in total. The Morgan fingerprint density at radius 2 is 2.06 bits per heavy atom. The molecular formula is C12H12F3NO2. The molecule has 1 aliphatic rings. The molecule has 0 spiro atoms. The van der Waals surface area contributed by atoms with E-state index in [9.17, 15) is 18.0 Å². The molecule has 1 aromatic rings. The normalized spacial score (nSPS) is 15.5. The highest BCUT2D eigenvalue weighted by atomic mass is 19.4. The zero-order valence-corrected chi connectivity index (χ0v) is 9.46. The van der Waals surface area contributed by atoms with Gasteiger partial charge in [-0.2, -0.15) is 13.2 Å². The summed E-state index contributed by atoms with van der Waals surface area (Å²) in [6.45, 7) is 0.321. The maximum Gasteiger partial charge on any atom is 0.417 e. The monoisotopic (exact) mass is 259 g/mol. The molecule has 2 N–H and O–H groups in total. The van der Waals surface area contributed by atoms with Crippen molar-refractivity contribution >= 4 is 5.91 Å². The van der Waals surface area contributed by atoms with Gasteiger partial charge in [0.2, 0.25) is 0 Å². The van der Waals surface area contributed by atoms with Crippen LogP contribution < -0.4 is 10.5 Å². The number of halogens is 3. The minimum absolute atomic E-state index is 0.0933. The fourth-order valence-corrected chi connectivity index (χ4v) is 1.63. The molecule has 1 amide bonds. The van der Waals surface area contributed by atoms with Crippen molar-refractivity contribution in [1.29, 1.82) is 0 Å². The highest BCUT2D eigenvalue weighted by Gasteiger charge is 2.36. The van der Waals surface area contributed by atoms with E-state index >= 15 is 0 Å². The summed E-state index contributed by atoms with van der Waals surface area (Å²) in [4.78, 5) is 11.2. The number of carbonyl (C=O) groups excluding carboxylic acids is 1. The summed E-state index contributed by atoms with van der Waals surface area (Å²) in [6, 6.07) is 3.36. The van der Waals surface area contributed by atoms with E-state index in [0.717, 1.165) is 18.9 Å². The molecule has 18 heavy (non-hydrogen) atoms. The number of alkyl halides is 3. The van der Waals surface area contributed by atoms with E-state index in [-0.39, 0.29) is 5.75 Å². The minimum atomic E-state index is -4.62. The van der Waals surface area contributed by atoms with Crippen molar-refractivity contribution in [1.82, 2.24) is 0 Å². The predicted molar refractivity (Wildman–Crippen MR) is 58.2 cm³/mol. The Kier molecular flexibility index (Phi) is 3.19. The van der Waals surface area contributed by atoms with Gasteiger partial charge in [-0.1, -0.05) is 6.07 Å². The quantitative estimate of drug-likeness (QED) is 0.903. The van der Waals surface area contributed by atoms with Gasteiger partial charge >= 0.3 is 6.18 Å². The van der Waals surface area contributed by atoms with Crippen molar-refractivity contribution in [2.45, 2.75) is 19.0 Å². The van der Waals surface area contributed by atoms with Gasteiger partial charge in [0.05, 0.1) is 17.7 Å². The molecule has 1 fully saturated rings. The third kappa shape index (κ3) is 2.75. The lowest BCUT2D eigenvalue weighted by molar-refractivity contribution is -0.138.